The molecule has 4 N–H and O–H groups in total. The van der Waals surface area contributed by atoms with E-state index in [1.165, 1.54) is 10.5 Å². The van der Waals surface area contributed by atoms with Crippen LogP contribution in [0.1, 0.15) is 28.0 Å². The number of aryl methyl sites for hydroxylation is 2. The van der Waals surface area contributed by atoms with Gasteiger partial charge in [0.1, 0.15) is 5.69 Å². The van der Waals surface area contributed by atoms with Crippen LogP contribution in [0.25, 0.3) is 11.3 Å². The highest BCUT2D eigenvalue weighted by Crippen LogP contribution is 2.24. The van der Waals surface area contributed by atoms with Gasteiger partial charge in [-0.05, 0) is 37.1 Å². The van der Waals surface area contributed by atoms with E-state index in [0.717, 1.165) is 11.1 Å². The molecular weight excluding hydrogens is 308 g/mol. The molecule has 126 valence electrons. The Hall–Kier alpha value is -2.67. The van der Waals surface area contributed by atoms with Gasteiger partial charge < -0.3 is 15.7 Å². The van der Waals surface area contributed by atoms with Gasteiger partial charge in [0.15, 0.2) is 5.60 Å². The quantitative estimate of drug-likeness (QED) is 0.772. The molecule has 0 bridgehead atoms. The van der Waals surface area contributed by atoms with E-state index in [1.54, 1.807) is 6.07 Å². The Labute approximate surface area is 139 Å². The molecule has 1 unspecified atom stereocenters. The van der Waals surface area contributed by atoms with Crippen LogP contribution in [0.3, 0.4) is 0 Å². The van der Waals surface area contributed by atoms with E-state index in [9.17, 15) is 14.7 Å². The Kier molecular flexibility index (Phi) is 3.88. The molecule has 7 heteroatoms. The average molecular weight is 328 g/mol. The molecule has 3 rings (SSSR count). The summed E-state index contributed by atoms with van der Waals surface area (Å²) in [4.78, 5) is 25.2. The number of amides is 2. The minimum Gasteiger partial charge on any atom is -0.378 e. The second-order valence-electron chi connectivity index (χ2n) is 6.34. The number of nitrogens with one attached hydrogen (secondary N) is 1. The molecule has 24 heavy (non-hydrogen) atoms. The zero-order valence-corrected chi connectivity index (χ0v) is 13.7. The first-order chi connectivity index (χ1) is 11.3. The van der Waals surface area contributed by atoms with Crippen LogP contribution in [-0.2, 0) is 4.79 Å². The van der Waals surface area contributed by atoms with Gasteiger partial charge in [-0.2, -0.15) is 5.10 Å². The van der Waals surface area contributed by atoms with Crippen molar-refractivity contribution in [3.05, 3.63) is 41.1 Å². The van der Waals surface area contributed by atoms with Crippen LogP contribution in [0.5, 0.6) is 0 Å². The predicted octanol–water partition coefficient (Wildman–Crippen LogP) is 0.756. The van der Waals surface area contributed by atoms with Crippen molar-refractivity contribution in [2.45, 2.75) is 25.9 Å². The fourth-order valence-corrected chi connectivity index (χ4v) is 2.82. The lowest BCUT2D eigenvalue weighted by molar-refractivity contribution is -0.134. The molecule has 1 aliphatic rings. The predicted molar refractivity (Wildman–Crippen MR) is 88.2 cm³/mol. The van der Waals surface area contributed by atoms with Crippen molar-refractivity contribution in [3.63, 3.8) is 0 Å². The van der Waals surface area contributed by atoms with Gasteiger partial charge >= 0.3 is 0 Å². The summed E-state index contributed by atoms with van der Waals surface area (Å²) < 4.78 is 0. The fraction of sp³-hybridized carbons (Fsp3) is 0.353. The number of H-pyrrole nitrogens is 1. The van der Waals surface area contributed by atoms with Gasteiger partial charge in [0, 0.05) is 18.5 Å². The van der Waals surface area contributed by atoms with E-state index in [-0.39, 0.29) is 25.4 Å². The molecule has 2 amide bonds. The largest absolute Gasteiger partial charge is 0.378 e. The second-order valence-corrected chi connectivity index (χ2v) is 6.34. The highest BCUT2D eigenvalue weighted by molar-refractivity contribution is 5.95. The third kappa shape index (κ3) is 2.78. The number of rotatable bonds is 3. The molecule has 1 saturated heterocycles. The molecule has 1 atom stereocenters. The normalized spacial score (nSPS) is 20.4. The zero-order chi connectivity index (χ0) is 17.5. The number of nitrogens with two attached hydrogens (primary N) is 1. The lowest BCUT2D eigenvalue weighted by atomic mass is 10.0. The maximum Gasteiger partial charge on any atom is 0.271 e. The first-order valence-electron chi connectivity index (χ1n) is 7.75. The lowest BCUT2D eigenvalue weighted by Gasteiger charge is -2.19. The minimum atomic E-state index is -1.65. The van der Waals surface area contributed by atoms with Gasteiger partial charge in [-0.3, -0.25) is 14.7 Å². The Morgan fingerprint density at radius 1 is 1.29 bits per heavy atom. The van der Waals surface area contributed by atoms with Gasteiger partial charge in [0.05, 0.1) is 12.2 Å². The van der Waals surface area contributed by atoms with E-state index in [1.807, 2.05) is 32.0 Å². The number of primary amides is 1. The van der Waals surface area contributed by atoms with Crippen LogP contribution in [-0.4, -0.2) is 50.7 Å². The number of carbonyl (C=O) groups excluding carboxylic acids is 2. The van der Waals surface area contributed by atoms with Gasteiger partial charge in [-0.15, -0.1) is 0 Å². The second kappa shape index (κ2) is 5.76. The number of nitrogens with zero attached hydrogens (tertiary/aromatic N) is 2. The van der Waals surface area contributed by atoms with Crippen molar-refractivity contribution in [1.82, 2.24) is 15.1 Å². The van der Waals surface area contributed by atoms with Crippen LogP contribution < -0.4 is 5.73 Å². The van der Waals surface area contributed by atoms with Crippen molar-refractivity contribution < 1.29 is 14.7 Å². The Balaban J connectivity index is 1.79. The van der Waals surface area contributed by atoms with Gasteiger partial charge in [0.25, 0.3) is 11.8 Å². The van der Waals surface area contributed by atoms with Crippen LogP contribution in [0.15, 0.2) is 24.3 Å². The molecule has 1 aliphatic heterocycles. The molecule has 7 nitrogen and oxygen atoms in total. The van der Waals surface area contributed by atoms with Crippen LogP contribution in [0, 0.1) is 13.8 Å². The summed E-state index contributed by atoms with van der Waals surface area (Å²) >= 11 is 0. The fourth-order valence-electron chi connectivity index (χ4n) is 2.82. The highest BCUT2D eigenvalue weighted by Gasteiger charge is 2.43. The van der Waals surface area contributed by atoms with Crippen molar-refractivity contribution >= 4 is 11.8 Å². The third-order valence-corrected chi connectivity index (χ3v) is 4.60. The van der Waals surface area contributed by atoms with Crippen LogP contribution in [0.4, 0.5) is 0 Å². The topological polar surface area (TPSA) is 112 Å². The van der Waals surface area contributed by atoms with Gasteiger partial charge in [-0.25, -0.2) is 0 Å². The number of aromatic nitrogens is 2. The van der Waals surface area contributed by atoms with Crippen molar-refractivity contribution in [2.75, 3.05) is 13.1 Å². The van der Waals surface area contributed by atoms with Crippen molar-refractivity contribution in [2.24, 2.45) is 5.73 Å². The Morgan fingerprint density at radius 2 is 2.04 bits per heavy atom. The van der Waals surface area contributed by atoms with Crippen molar-refractivity contribution in [3.8, 4) is 11.3 Å². The number of aromatic amines is 1. The van der Waals surface area contributed by atoms with E-state index in [4.69, 9.17) is 5.73 Å². The summed E-state index contributed by atoms with van der Waals surface area (Å²) in [5.41, 5.74) is 7.79. The van der Waals surface area contributed by atoms with E-state index in [0.29, 0.717) is 11.4 Å². The third-order valence-electron chi connectivity index (χ3n) is 4.60. The monoisotopic (exact) mass is 328 g/mol. The van der Waals surface area contributed by atoms with E-state index < -0.39 is 11.5 Å². The van der Waals surface area contributed by atoms with Crippen LogP contribution in [0.2, 0.25) is 0 Å². The highest BCUT2D eigenvalue weighted by atomic mass is 16.3. The number of carbonyl (C=O) groups is 2. The van der Waals surface area contributed by atoms with E-state index >= 15 is 0 Å². The number of benzene rings is 1. The maximum atomic E-state index is 12.5. The SMILES string of the molecule is Cc1ccc(-c2cc(C(=O)N3CCC(O)(C(N)=O)C3)[nH]n2)cc1C. The van der Waals surface area contributed by atoms with Gasteiger partial charge in [0.2, 0.25) is 0 Å². The number of hydrogen-bond acceptors (Lipinski definition) is 4. The number of hydrogen-bond donors (Lipinski definition) is 3. The average Bonchev–Trinajstić information content (AvgIpc) is 3.17. The molecule has 1 aromatic heterocycles. The molecule has 2 aromatic rings. The Bertz CT molecular complexity index is 814. The van der Waals surface area contributed by atoms with Crippen LogP contribution >= 0.6 is 0 Å². The standard InChI is InChI=1S/C17H20N4O3/c1-10-3-4-12(7-11(10)2)13-8-14(20-19-13)15(22)21-6-5-17(24,9-21)16(18)23/h3-4,7-8,24H,5-6,9H2,1-2H3,(H2,18,23)(H,19,20). The molecule has 2 heterocycles. The minimum absolute atomic E-state index is 0.0981. The van der Waals surface area contributed by atoms with Gasteiger partial charge in [-0.1, -0.05) is 12.1 Å². The summed E-state index contributed by atoms with van der Waals surface area (Å²) in [6, 6.07) is 7.65. The summed E-state index contributed by atoms with van der Waals surface area (Å²) in [7, 11) is 0. The van der Waals surface area contributed by atoms with Crippen molar-refractivity contribution in [1.29, 1.82) is 0 Å². The summed E-state index contributed by atoms with van der Waals surface area (Å²) in [5, 5.41) is 17.0. The maximum absolute atomic E-state index is 12.5. The first kappa shape index (κ1) is 16.2. The summed E-state index contributed by atoms with van der Waals surface area (Å²) in [6.07, 6.45) is 0.145. The summed E-state index contributed by atoms with van der Waals surface area (Å²) in [6.45, 7) is 4.23. The molecular formula is C17H20N4O3. The smallest absolute Gasteiger partial charge is 0.271 e. The Morgan fingerprint density at radius 3 is 2.67 bits per heavy atom. The first-order valence-corrected chi connectivity index (χ1v) is 7.75. The molecule has 1 fully saturated rings. The summed E-state index contributed by atoms with van der Waals surface area (Å²) in [5.74, 6) is -1.12. The molecule has 0 saturated carbocycles. The molecule has 0 radical (unpaired) electrons. The zero-order valence-electron chi connectivity index (χ0n) is 13.7. The molecule has 1 aromatic carbocycles. The number of likely N-dealkylation sites (tertiary alicyclic amines) is 1. The lowest BCUT2D eigenvalue weighted by Crippen LogP contribution is -2.46. The number of aliphatic hydroxyl groups is 1. The van der Waals surface area contributed by atoms with E-state index in [2.05, 4.69) is 10.2 Å². The number of β-amino-alcohol motifs (C(OH)–C–C–N with tert-alkyl or cyclic N) is 1. The molecule has 0 aliphatic carbocycles. The molecule has 0 spiro atoms.